The molecule has 0 bridgehead atoms. The molecule has 7 heteroatoms. The third-order valence-corrected chi connectivity index (χ3v) is 4.21. The van der Waals surface area contributed by atoms with Crippen molar-refractivity contribution < 1.29 is 9.59 Å². The molecule has 0 unspecified atom stereocenters. The van der Waals surface area contributed by atoms with Crippen LogP contribution in [0, 0.1) is 0 Å². The lowest BCUT2D eigenvalue weighted by molar-refractivity contribution is 0.102. The van der Waals surface area contributed by atoms with E-state index in [-0.39, 0.29) is 11.8 Å². The maximum Gasteiger partial charge on any atom is 0.265 e. The van der Waals surface area contributed by atoms with Crippen molar-refractivity contribution in [3.63, 3.8) is 0 Å². The molecule has 2 aromatic heterocycles. The molecule has 24 heavy (non-hydrogen) atoms. The van der Waals surface area contributed by atoms with Gasteiger partial charge in [-0.25, -0.2) is 4.98 Å². The number of halogens is 1. The summed E-state index contributed by atoms with van der Waals surface area (Å²) in [5.74, 6) is -0.490. The SMILES string of the molecule is O=C(Nc1cccc(NC(=O)c2cccs2)c1)c1ccc(Cl)nc1. The largest absolute Gasteiger partial charge is 0.322 e. The van der Waals surface area contributed by atoms with E-state index in [0.29, 0.717) is 27.0 Å². The van der Waals surface area contributed by atoms with E-state index in [9.17, 15) is 9.59 Å². The van der Waals surface area contributed by atoms with E-state index in [4.69, 9.17) is 11.6 Å². The highest BCUT2D eigenvalue weighted by molar-refractivity contribution is 7.12. The van der Waals surface area contributed by atoms with Crippen molar-refractivity contribution in [2.75, 3.05) is 10.6 Å². The Kier molecular flexibility index (Phi) is 4.88. The van der Waals surface area contributed by atoms with Crippen LogP contribution in [0.3, 0.4) is 0 Å². The highest BCUT2D eigenvalue weighted by atomic mass is 35.5. The van der Waals surface area contributed by atoms with Gasteiger partial charge in [0.25, 0.3) is 11.8 Å². The predicted molar refractivity (Wildman–Crippen MR) is 95.9 cm³/mol. The van der Waals surface area contributed by atoms with E-state index in [2.05, 4.69) is 15.6 Å². The van der Waals surface area contributed by atoms with Gasteiger partial charge in [0.1, 0.15) is 5.15 Å². The maximum atomic E-state index is 12.2. The summed E-state index contributed by atoms with van der Waals surface area (Å²) >= 11 is 7.07. The molecule has 0 spiro atoms. The van der Waals surface area contributed by atoms with Crippen molar-refractivity contribution in [2.45, 2.75) is 0 Å². The predicted octanol–water partition coefficient (Wildman–Crippen LogP) is 4.30. The minimum absolute atomic E-state index is 0.185. The minimum Gasteiger partial charge on any atom is -0.322 e. The molecular formula is C17H12ClN3O2S. The Morgan fingerprint density at radius 2 is 1.71 bits per heavy atom. The van der Waals surface area contributed by atoms with Crippen molar-refractivity contribution in [3.05, 3.63) is 75.7 Å². The van der Waals surface area contributed by atoms with Crippen LogP contribution in [0.5, 0.6) is 0 Å². The first-order chi connectivity index (χ1) is 11.6. The molecule has 0 fully saturated rings. The van der Waals surface area contributed by atoms with Gasteiger partial charge in [-0.15, -0.1) is 11.3 Å². The number of anilines is 2. The van der Waals surface area contributed by atoms with Crippen LogP contribution < -0.4 is 10.6 Å². The lowest BCUT2D eigenvalue weighted by Crippen LogP contribution is -2.13. The topological polar surface area (TPSA) is 71.1 Å². The molecule has 0 atom stereocenters. The van der Waals surface area contributed by atoms with Crippen LogP contribution in [-0.2, 0) is 0 Å². The monoisotopic (exact) mass is 357 g/mol. The van der Waals surface area contributed by atoms with E-state index < -0.39 is 0 Å². The second kappa shape index (κ2) is 7.25. The average Bonchev–Trinajstić information content (AvgIpc) is 3.10. The molecule has 0 saturated heterocycles. The number of carbonyl (C=O) groups is 2. The van der Waals surface area contributed by atoms with Gasteiger partial charge in [-0.1, -0.05) is 23.7 Å². The fraction of sp³-hybridized carbons (Fsp3) is 0. The number of nitrogens with zero attached hydrogens (tertiary/aromatic N) is 1. The third-order valence-electron chi connectivity index (χ3n) is 3.11. The molecule has 3 rings (SSSR count). The molecule has 2 N–H and O–H groups in total. The molecule has 1 aromatic carbocycles. The summed E-state index contributed by atoms with van der Waals surface area (Å²) in [4.78, 5) is 28.7. The average molecular weight is 358 g/mol. The normalized spacial score (nSPS) is 10.2. The molecule has 0 aliphatic heterocycles. The van der Waals surface area contributed by atoms with Crippen molar-refractivity contribution in [1.29, 1.82) is 0 Å². The lowest BCUT2D eigenvalue weighted by Gasteiger charge is -2.08. The fourth-order valence-corrected chi connectivity index (χ4v) is 2.72. The molecule has 0 aliphatic carbocycles. The lowest BCUT2D eigenvalue weighted by atomic mass is 10.2. The second-order valence-corrected chi connectivity index (χ2v) is 6.17. The second-order valence-electron chi connectivity index (χ2n) is 4.84. The first-order valence-electron chi connectivity index (χ1n) is 6.99. The number of carbonyl (C=O) groups excluding carboxylic acids is 2. The van der Waals surface area contributed by atoms with Gasteiger partial charge in [0.15, 0.2) is 0 Å². The number of aromatic nitrogens is 1. The molecular weight excluding hydrogens is 346 g/mol. The number of thiophene rings is 1. The summed E-state index contributed by atoms with van der Waals surface area (Å²) in [5.41, 5.74) is 1.56. The molecule has 2 heterocycles. The molecule has 0 saturated carbocycles. The summed E-state index contributed by atoms with van der Waals surface area (Å²) in [7, 11) is 0. The van der Waals surface area contributed by atoms with Crippen LogP contribution in [0.4, 0.5) is 11.4 Å². The summed E-state index contributed by atoms with van der Waals surface area (Å²) in [6.07, 6.45) is 1.40. The fourth-order valence-electron chi connectivity index (χ4n) is 1.99. The standard InChI is InChI=1S/C17H12ClN3O2S/c18-15-7-6-11(10-19-15)16(22)20-12-3-1-4-13(9-12)21-17(23)14-5-2-8-24-14/h1-10H,(H,20,22)(H,21,23). The Bertz CT molecular complexity index is 864. The quantitative estimate of drug-likeness (QED) is 0.684. The number of pyridine rings is 1. The summed E-state index contributed by atoms with van der Waals surface area (Å²) in [6.45, 7) is 0. The van der Waals surface area contributed by atoms with Gasteiger partial charge in [-0.2, -0.15) is 0 Å². The summed E-state index contributed by atoms with van der Waals surface area (Å²) < 4.78 is 0. The van der Waals surface area contributed by atoms with Crippen LogP contribution in [0.25, 0.3) is 0 Å². The van der Waals surface area contributed by atoms with E-state index in [0.717, 1.165) is 0 Å². The Morgan fingerprint density at radius 3 is 2.33 bits per heavy atom. The van der Waals surface area contributed by atoms with Crippen LogP contribution in [0.1, 0.15) is 20.0 Å². The van der Waals surface area contributed by atoms with Crippen LogP contribution in [-0.4, -0.2) is 16.8 Å². The Morgan fingerprint density at radius 1 is 0.958 bits per heavy atom. The van der Waals surface area contributed by atoms with E-state index in [1.807, 2.05) is 11.4 Å². The van der Waals surface area contributed by atoms with Crippen molar-refractivity contribution in [2.24, 2.45) is 0 Å². The zero-order valence-electron chi connectivity index (χ0n) is 12.3. The van der Waals surface area contributed by atoms with Crippen LogP contribution >= 0.6 is 22.9 Å². The Labute approximate surface area is 147 Å². The maximum absolute atomic E-state index is 12.2. The van der Waals surface area contributed by atoms with Crippen molar-refractivity contribution in [1.82, 2.24) is 4.98 Å². The van der Waals surface area contributed by atoms with Gasteiger partial charge < -0.3 is 10.6 Å². The first kappa shape index (κ1) is 16.2. The minimum atomic E-state index is -0.305. The van der Waals surface area contributed by atoms with E-state index in [1.54, 1.807) is 42.5 Å². The number of amides is 2. The number of nitrogens with one attached hydrogen (secondary N) is 2. The van der Waals surface area contributed by atoms with Gasteiger partial charge in [-0.05, 0) is 41.8 Å². The highest BCUT2D eigenvalue weighted by Gasteiger charge is 2.09. The van der Waals surface area contributed by atoms with E-state index in [1.165, 1.54) is 17.5 Å². The third kappa shape index (κ3) is 3.98. The van der Waals surface area contributed by atoms with Gasteiger partial charge in [0.2, 0.25) is 0 Å². The molecule has 5 nitrogen and oxygen atoms in total. The summed E-state index contributed by atoms with van der Waals surface area (Å²) in [6, 6.07) is 13.6. The molecule has 0 aliphatic rings. The Balaban J connectivity index is 1.70. The van der Waals surface area contributed by atoms with Crippen molar-refractivity contribution >= 4 is 46.1 Å². The smallest absolute Gasteiger partial charge is 0.265 e. The zero-order valence-corrected chi connectivity index (χ0v) is 13.9. The van der Waals surface area contributed by atoms with Gasteiger partial charge in [0.05, 0.1) is 10.4 Å². The number of rotatable bonds is 4. The molecule has 2 amide bonds. The highest BCUT2D eigenvalue weighted by Crippen LogP contribution is 2.18. The first-order valence-corrected chi connectivity index (χ1v) is 8.25. The molecule has 3 aromatic rings. The van der Waals surface area contributed by atoms with Gasteiger partial charge >= 0.3 is 0 Å². The number of benzene rings is 1. The molecule has 0 radical (unpaired) electrons. The van der Waals surface area contributed by atoms with Gasteiger partial charge in [0, 0.05) is 17.6 Å². The van der Waals surface area contributed by atoms with Crippen molar-refractivity contribution in [3.8, 4) is 0 Å². The Hall–Kier alpha value is -2.70. The zero-order chi connectivity index (χ0) is 16.9. The number of hydrogen-bond acceptors (Lipinski definition) is 4. The van der Waals surface area contributed by atoms with E-state index >= 15 is 0 Å². The van der Waals surface area contributed by atoms with Crippen LogP contribution in [0.2, 0.25) is 5.15 Å². The number of hydrogen-bond donors (Lipinski definition) is 2. The van der Waals surface area contributed by atoms with Gasteiger partial charge in [-0.3, -0.25) is 9.59 Å². The molecule has 120 valence electrons. The van der Waals surface area contributed by atoms with Crippen LogP contribution in [0.15, 0.2) is 60.1 Å². The summed E-state index contributed by atoms with van der Waals surface area (Å²) in [5, 5.41) is 7.71.